The summed E-state index contributed by atoms with van der Waals surface area (Å²) in [5.74, 6) is -1.46. The molecule has 3 rings (SSSR count). The van der Waals surface area contributed by atoms with Gasteiger partial charge in [-0.05, 0) is 36.8 Å². The van der Waals surface area contributed by atoms with Crippen molar-refractivity contribution in [1.82, 2.24) is 0 Å². The van der Waals surface area contributed by atoms with Crippen LogP contribution in [0.25, 0.3) is 0 Å². The maximum Gasteiger partial charge on any atom is 0.340 e. The van der Waals surface area contributed by atoms with E-state index in [-0.39, 0.29) is 17.4 Å². The minimum Gasteiger partial charge on any atom is -0.452 e. The van der Waals surface area contributed by atoms with Gasteiger partial charge in [0.2, 0.25) is 11.8 Å². The lowest BCUT2D eigenvalue weighted by Gasteiger charge is -2.18. The van der Waals surface area contributed by atoms with Crippen LogP contribution < -0.4 is 15.5 Å². The van der Waals surface area contributed by atoms with Gasteiger partial charge in [0.15, 0.2) is 6.61 Å². The first kappa shape index (κ1) is 20.1. The van der Waals surface area contributed by atoms with Gasteiger partial charge in [-0.15, -0.1) is 0 Å². The molecule has 3 amide bonds. The summed E-state index contributed by atoms with van der Waals surface area (Å²) in [6.45, 7) is 1.46. The van der Waals surface area contributed by atoms with Crippen LogP contribution >= 0.6 is 0 Å². The zero-order chi connectivity index (χ0) is 20.8. The van der Waals surface area contributed by atoms with Gasteiger partial charge >= 0.3 is 5.97 Å². The summed E-state index contributed by atoms with van der Waals surface area (Å²) in [7, 11) is 0. The molecule has 2 N–H and O–H groups in total. The van der Waals surface area contributed by atoms with E-state index in [1.54, 1.807) is 53.4 Å². The number of carbonyl (C=O) groups is 4. The zero-order valence-corrected chi connectivity index (χ0v) is 15.9. The number of hydrogen-bond donors (Lipinski definition) is 2. The molecule has 2 aromatic carbocycles. The molecule has 8 heteroatoms. The Labute approximate surface area is 167 Å². The monoisotopic (exact) mass is 395 g/mol. The van der Waals surface area contributed by atoms with Crippen molar-refractivity contribution in [2.24, 2.45) is 0 Å². The van der Waals surface area contributed by atoms with Crippen LogP contribution in [0.3, 0.4) is 0 Å². The number of carbonyl (C=O) groups excluding carboxylic acids is 4. The lowest BCUT2D eigenvalue weighted by molar-refractivity contribution is -0.119. The average molecular weight is 395 g/mol. The Kier molecular flexibility index (Phi) is 6.23. The molecule has 0 unspecified atom stereocenters. The lowest BCUT2D eigenvalue weighted by Crippen LogP contribution is -2.27. The van der Waals surface area contributed by atoms with Gasteiger partial charge in [-0.25, -0.2) is 4.79 Å². The number of amides is 3. The van der Waals surface area contributed by atoms with Crippen LogP contribution in [0.4, 0.5) is 17.1 Å². The Morgan fingerprint density at radius 2 is 1.76 bits per heavy atom. The van der Waals surface area contributed by atoms with Gasteiger partial charge in [0.1, 0.15) is 0 Å². The van der Waals surface area contributed by atoms with Crippen molar-refractivity contribution in [1.29, 1.82) is 0 Å². The first-order chi connectivity index (χ1) is 13.9. The summed E-state index contributed by atoms with van der Waals surface area (Å²) >= 11 is 0. The van der Waals surface area contributed by atoms with Gasteiger partial charge in [0.25, 0.3) is 5.91 Å². The van der Waals surface area contributed by atoms with Crippen LogP contribution in [-0.4, -0.2) is 36.8 Å². The Hall–Kier alpha value is -3.68. The normalized spacial score (nSPS) is 13.1. The van der Waals surface area contributed by atoms with E-state index < -0.39 is 18.5 Å². The van der Waals surface area contributed by atoms with Crippen LogP contribution in [0.2, 0.25) is 0 Å². The maximum atomic E-state index is 12.5. The van der Waals surface area contributed by atoms with Crippen molar-refractivity contribution < 1.29 is 23.9 Å². The largest absolute Gasteiger partial charge is 0.452 e. The highest BCUT2D eigenvalue weighted by Crippen LogP contribution is 2.26. The van der Waals surface area contributed by atoms with E-state index in [0.717, 1.165) is 6.42 Å². The number of anilines is 3. The zero-order valence-electron chi connectivity index (χ0n) is 15.9. The number of esters is 1. The third-order valence-corrected chi connectivity index (χ3v) is 4.29. The molecule has 0 aromatic heterocycles. The lowest BCUT2D eigenvalue weighted by atomic mass is 10.1. The van der Waals surface area contributed by atoms with E-state index in [4.69, 9.17) is 4.74 Å². The number of nitrogens with one attached hydrogen (secondary N) is 2. The molecule has 0 aliphatic carbocycles. The number of rotatable bonds is 6. The van der Waals surface area contributed by atoms with Gasteiger partial charge in [-0.3, -0.25) is 14.4 Å². The van der Waals surface area contributed by atoms with E-state index in [1.165, 1.54) is 6.92 Å². The second-order valence-corrected chi connectivity index (χ2v) is 6.55. The fourth-order valence-corrected chi connectivity index (χ4v) is 3.07. The standard InChI is InChI=1S/C21H21N3O5/c1-14(25)22-15-6-4-7-16(12-15)23-19(26)13-29-21(28)17-8-2-3-9-18(17)24-11-5-10-20(24)27/h2-4,6-9,12H,5,10-11,13H2,1H3,(H,22,25)(H,23,26). The molecule has 1 heterocycles. The minimum absolute atomic E-state index is 0.0398. The molecule has 0 saturated carbocycles. The fraction of sp³-hybridized carbons (Fsp3) is 0.238. The predicted molar refractivity (Wildman–Crippen MR) is 108 cm³/mol. The SMILES string of the molecule is CC(=O)Nc1cccc(NC(=O)COC(=O)c2ccccc2N2CCCC2=O)c1. The molecule has 1 aliphatic heterocycles. The number of benzene rings is 2. The van der Waals surface area contributed by atoms with Crippen molar-refractivity contribution in [3.63, 3.8) is 0 Å². The molecule has 8 nitrogen and oxygen atoms in total. The fourth-order valence-electron chi connectivity index (χ4n) is 3.07. The van der Waals surface area contributed by atoms with Crippen LogP contribution in [-0.2, 0) is 19.1 Å². The molecular weight excluding hydrogens is 374 g/mol. The highest BCUT2D eigenvalue weighted by molar-refractivity contribution is 6.04. The maximum absolute atomic E-state index is 12.5. The summed E-state index contributed by atoms with van der Waals surface area (Å²) < 4.78 is 5.13. The molecule has 1 aliphatic rings. The van der Waals surface area contributed by atoms with Crippen molar-refractivity contribution >= 4 is 40.8 Å². The molecule has 2 aromatic rings. The van der Waals surface area contributed by atoms with Crippen LogP contribution in [0.5, 0.6) is 0 Å². The molecule has 1 fully saturated rings. The second kappa shape index (κ2) is 9.01. The molecule has 0 atom stereocenters. The Bertz CT molecular complexity index is 957. The van der Waals surface area contributed by atoms with E-state index in [9.17, 15) is 19.2 Å². The van der Waals surface area contributed by atoms with Crippen molar-refractivity contribution in [2.75, 3.05) is 28.7 Å². The average Bonchev–Trinajstić information content (AvgIpc) is 3.11. The molecule has 0 spiro atoms. The van der Waals surface area contributed by atoms with E-state index >= 15 is 0 Å². The smallest absolute Gasteiger partial charge is 0.340 e. The van der Waals surface area contributed by atoms with E-state index in [1.807, 2.05) is 0 Å². The summed E-state index contributed by atoms with van der Waals surface area (Å²) in [4.78, 5) is 49.3. The van der Waals surface area contributed by atoms with Gasteiger partial charge in [-0.1, -0.05) is 18.2 Å². The molecular formula is C21H21N3O5. The van der Waals surface area contributed by atoms with Gasteiger partial charge in [-0.2, -0.15) is 0 Å². The summed E-state index contributed by atoms with van der Waals surface area (Å²) in [5, 5.41) is 5.23. The third-order valence-electron chi connectivity index (χ3n) is 4.29. The van der Waals surface area contributed by atoms with Crippen LogP contribution in [0.1, 0.15) is 30.1 Å². The molecule has 0 radical (unpaired) electrons. The minimum atomic E-state index is -0.678. The topological polar surface area (TPSA) is 105 Å². The summed E-state index contributed by atoms with van der Waals surface area (Å²) in [5.41, 5.74) is 1.73. The highest BCUT2D eigenvalue weighted by atomic mass is 16.5. The van der Waals surface area contributed by atoms with Crippen molar-refractivity contribution in [3.05, 3.63) is 54.1 Å². The van der Waals surface area contributed by atoms with Crippen molar-refractivity contribution in [3.8, 4) is 0 Å². The third kappa shape index (κ3) is 5.19. The molecule has 29 heavy (non-hydrogen) atoms. The highest BCUT2D eigenvalue weighted by Gasteiger charge is 2.26. The van der Waals surface area contributed by atoms with Crippen LogP contribution in [0.15, 0.2) is 48.5 Å². The predicted octanol–water partition coefficient (Wildman–Crippen LogP) is 2.57. The first-order valence-corrected chi connectivity index (χ1v) is 9.18. The van der Waals surface area contributed by atoms with Crippen molar-refractivity contribution in [2.45, 2.75) is 19.8 Å². The number of ether oxygens (including phenoxy) is 1. The summed E-state index contributed by atoms with van der Waals surface area (Å²) in [6.07, 6.45) is 1.19. The number of hydrogen-bond acceptors (Lipinski definition) is 5. The number of para-hydroxylation sites is 1. The van der Waals surface area contributed by atoms with Gasteiger partial charge in [0.05, 0.1) is 11.3 Å². The van der Waals surface area contributed by atoms with E-state index in [2.05, 4.69) is 10.6 Å². The molecule has 150 valence electrons. The van der Waals surface area contributed by atoms with Gasteiger partial charge in [0, 0.05) is 31.3 Å². The number of nitrogens with zero attached hydrogens (tertiary/aromatic N) is 1. The second-order valence-electron chi connectivity index (χ2n) is 6.55. The quantitative estimate of drug-likeness (QED) is 0.732. The molecule has 1 saturated heterocycles. The Balaban J connectivity index is 1.61. The first-order valence-electron chi connectivity index (χ1n) is 9.18. The molecule has 0 bridgehead atoms. The van der Waals surface area contributed by atoms with E-state index in [0.29, 0.717) is 30.0 Å². The Morgan fingerprint density at radius 3 is 2.45 bits per heavy atom. The van der Waals surface area contributed by atoms with Gasteiger partial charge < -0.3 is 20.3 Å². The van der Waals surface area contributed by atoms with Crippen LogP contribution in [0, 0.1) is 0 Å². The summed E-state index contributed by atoms with van der Waals surface area (Å²) in [6, 6.07) is 13.3. The Morgan fingerprint density at radius 1 is 1.03 bits per heavy atom.